The van der Waals surface area contributed by atoms with Crippen molar-refractivity contribution in [2.24, 2.45) is 0 Å². The Morgan fingerprint density at radius 3 is 3.00 bits per heavy atom. The van der Waals surface area contributed by atoms with Crippen LogP contribution in [0, 0.1) is 0 Å². The minimum atomic E-state index is -0.288. The lowest BCUT2D eigenvalue weighted by molar-refractivity contribution is 0.195. The third-order valence-corrected chi connectivity index (χ3v) is 1.76. The van der Waals surface area contributed by atoms with Crippen molar-refractivity contribution in [2.75, 3.05) is 0 Å². The van der Waals surface area contributed by atoms with Crippen LogP contribution in [0.3, 0.4) is 0 Å². The fourth-order valence-electron chi connectivity index (χ4n) is 0.911. The highest BCUT2D eigenvalue weighted by atomic mass is 79.9. The zero-order chi connectivity index (χ0) is 8.27. The first-order chi connectivity index (χ1) is 5.18. The van der Waals surface area contributed by atoms with E-state index in [9.17, 15) is 0 Å². The van der Waals surface area contributed by atoms with E-state index in [0.29, 0.717) is 6.42 Å². The van der Waals surface area contributed by atoms with Gasteiger partial charge in [-0.1, -0.05) is 0 Å². The van der Waals surface area contributed by atoms with Gasteiger partial charge < -0.3 is 5.11 Å². The molecule has 0 saturated carbocycles. The minimum Gasteiger partial charge on any atom is -0.393 e. The highest BCUT2D eigenvalue weighted by molar-refractivity contribution is 9.10. The fraction of sp³-hybridized carbons (Fsp3) is 0.375. The molecule has 0 aromatic carbocycles. The normalized spacial score (nSPS) is 13.0. The van der Waals surface area contributed by atoms with E-state index in [2.05, 4.69) is 20.9 Å². The fourth-order valence-corrected chi connectivity index (χ4v) is 1.32. The van der Waals surface area contributed by atoms with E-state index in [-0.39, 0.29) is 6.10 Å². The van der Waals surface area contributed by atoms with Gasteiger partial charge in [0.1, 0.15) is 4.60 Å². The summed E-state index contributed by atoms with van der Waals surface area (Å²) in [6.45, 7) is 1.77. The van der Waals surface area contributed by atoms with Gasteiger partial charge in [0, 0.05) is 6.20 Å². The zero-order valence-corrected chi connectivity index (χ0v) is 7.87. The number of aromatic nitrogens is 1. The lowest BCUT2D eigenvalue weighted by Crippen LogP contribution is -2.03. The van der Waals surface area contributed by atoms with Crippen LogP contribution in [0.2, 0.25) is 0 Å². The summed E-state index contributed by atoms with van der Waals surface area (Å²) < 4.78 is 0.815. The molecule has 0 fully saturated rings. The molecule has 0 bridgehead atoms. The molecule has 0 aliphatic heterocycles. The number of nitrogens with zero attached hydrogens (tertiary/aromatic N) is 1. The van der Waals surface area contributed by atoms with Gasteiger partial charge in [0.15, 0.2) is 0 Å². The second kappa shape index (κ2) is 3.83. The molecular weight excluding hydrogens is 206 g/mol. The maximum Gasteiger partial charge on any atom is 0.106 e. The van der Waals surface area contributed by atoms with Gasteiger partial charge in [0.25, 0.3) is 0 Å². The molecule has 11 heavy (non-hydrogen) atoms. The standard InChI is InChI=1S/C8H10BrNO/c1-6(11)4-7-2-3-10-8(9)5-7/h2-3,5-6,11H,4H2,1H3/t6-/m0/s1. The predicted molar refractivity (Wildman–Crippen MR) is 47.3 cm³/mol. The van der Waals surface area contributed by atoms with Crippen LogP contribution in [0.25, 0.3) is 0 Å². The Hall–Kier alpha value is -0.410. The van der Waals surface area contributed by atoms with Crippen LogP contribution in [0.1, 0.15) is 12.5 Å². The number of hydrogen-bond donors (Lipinski definition) is 1. The molecule has 1 rings (SSSR count). The summed E-state index contributed by atoms with van der Waals surface area (Å²) in [6, 6.07) is 3.81. The van der Waals surface area contributed by atoms with Gasteiger partial charge in [-0.05, 0) is 47.0 Å². The van der Waals surface area contributed by atoms with Gasteiger partial charge in [-0.25, -0.2) is 4.98 Å². The highest BCUT2D eigenvalue weighted by Gasteiger charge is 1.98. The maximum atomic E-state index is 9.06. The van der Waals surface area contributed by atoms with E-state index in [1.54, 1.807) is 13.1 Å². The van der Waals surface area contributed by atoms with Gasteiger partial charge in [0.2, 0.25) is 0 Å². The van der Waals surface area contributed by atoms with E-state index in [1.165, 1.54) is 0 Å². The molecular formula is C8H10BrNO. The van der Waals surface area contributed by atoms with E-state index in [0.717, 1.165) is 10.2 Å². The van der Waals surface area contributed by atoms with Crippen LogP contribution >= 0.6 is 15.9 Å². The Kier molecular flexibility index (Phi) is 3.02. The predicted octanol–water partition coefficient (Wildman–Crippen LogP) is 1.77. The Morgan fingerprint density at radius 2 is 2.45 bits per heavy atom. The summed E-state index contributed by atoms with van der Waals surface area (Å²) in [5.41, 5.74) is 1.10. The van der Waals surface area contributed by atoms with Gasteiger partial charge >= 0.3 is 0 Å². The number of aliphatic hydroxyl groups excluding tert-OH is 1. The number of aliphatic hydroxyl groups is 1. The summed E-state index contributed by atoms with van der Waals surface area (Å²) in [6.07, 6.45) is 2.12. The molecule has 0 amide bonds. The minimum absolute atomic E-state index is 0.288. The van der Waals surface area contributed by atoms with Gasteiger partial charge in [-0.3, -0.25) is 0 Å². The molecule has 0 aliphatic carbocycles. The van der Waals surface area contributed by atoms with Crippen LogP contribution in [0.15, 0.2) is 22.9 Å². The van der Waals surface area contributed by atoms with Crippen molar-refractivity contribution >= 4 is 15.9 Å². The first-order valence-electron chi connectivity index (χ1n) is 3.47. The Morgan fingerprint density at radius 1 is 1.73 bits per heavy atom. The number of hydrogen-bond acceptors (Lipinski definition) is 2. The Bertz CT molecular complexity index is 237. The molecule has 2 nitrogen and oxygen atoms in total. The van der Waals surface area contributed by atoms with E-state index < -0.39 is 0 Å². The SMILES string of the molecule is C[C@H](O)Cc1ccnc(Br)c1. The molecule has 1 aromatic heterocycles. The topological polar surface area (TPSA) is 33.1 Å². The summed E-state index contributed by atoms with van der Waals surface area (Å²) >= 11 is 3.26. The Balaban J connectivity index is 2.71. The molecule has 1 heterocycles. The lowest BCUT2D eigenvalue weighted by atomic mass is 10.1. The van der Waals surface area contributed by atoms with Crippen molar-refractivity contribution in [3.63, 3.8) is 0 Å². The third kappa shape index (κ3) is 2.99. The molecule has 3 heteroatoms. The molecule has 0 saturated heterocycles. The third-order valence-electron chi connectivity index (χ3n) is 1.32. The molecule has 60 valence electrons. The molecule has 1 atom stereocenters. The zero-order valence-electron chi connectivity index (χ0n) is 6.29. The van der Waals surface area contributed by atoms with E-state index >= 15 is 0 Å². The molecule has 1 aromatic rings. The molecule has 0 spiro atoms. The molecule has 0 unspecified atom stereocenters. The van der Waals surface area contributed by atoms with Gasteiger partial charge in [0.05, 0.1) is 6.10 Å². The molecule has 1 N–H and O–H groups in total. The summed E-state index contributed by atoms with van der Waals surface area (Å²) in [5, 5.41) is 9.06. The highest BCUT2D eigenvalue weighted by Crippen LogP contribution is 2.09. The smallest absolute Gasteiger partial charge is 0.106 e. The molecule has 0 radical (unpaired) electrons. The van der Waals surface area contributed by atoms with Crippen LogP contribution in [-0.2, 0) is 6.42 Å². The van der Waals surface area contributed by atoms with E-state index in [1.807, 2.05) is 12.1 Å². The quantitative estimate of drug-likeness (QED) is 0.764. The van der Waals surface area contributed by atoms with Crippen molar-refractivity contribution in [1.82, 2.24) is 4.98 Å². The first kappa shape index (κ1) is 8.68. The number of pyridine rings is 1. The van der Waals surface area contributed by atoms with Crippen molar-refractivity contribution in [1.29, 1.82) is 0 Å². The van der Waals surface area contributed by atoms with Crippen LogP contribution in [0.4, 0.5) is 0 Å². The van der Waals surface area contributed by atoms with Crippen LogP contribution < -0.4 is 0 Å². The second-order valence-corrected chi connectivity index (χ2v) is 3.35. The lowest BCUT2D eigenvalue weighted by Gasteiger charge is -2.03. The monoisotopic (exact) mass is 215 g/mol. The van der Waals surface area contributed by atoms with Crippen LogP contribution in [-0.4, -0.2) is 16.2 Å². The van der Waals surface area contributed by atoms with Crippen molar-refractivity contribution in [3.05, 3.63) is 28.5 Å². The second-order valence-electron chi connectivity index (χ2n) is 2.54. The Labute approximate surface area is 74.4 Å². The summed E-state index contributed by atoms with van der Waals surface area (Å²) in [5.74, 6) is 0. The maximum absolute atomic E-state index is 9.06. The first-order valence-corrected chi connectivity index (χ1v) is 4.26. The summed E-state index contributed by atoms with van der Waals surface area (Å²) in [7, 11) is 0. The largest absolute Gasteiger partial charge is 0.393 e. The van der Waals surface area contributed by atoms with Crippen molar-refractivity contribution < 1.29 is 5.11 Å². The average Bonchev–Trinajstić information content (AvgIpc) is 1.85. The summed E-state index contributed by atoms with van der Waals surface area (Å²) in [4.78, 5) is 3.98. The van der Waals surface area contributed by atoms with Crippen molar-refractivity contribution in [3.8, 4) is 0 Å². The number of halogens is 1. The van der Waals surface area contributed by atoms with Crippen LogP contribution in [0.5, 0.6) is 0 Å². The number of rotatable bonds is 2. The van der Waals surface area contributed by atoms with E-state index in [4.69, 9.17) is 5.11 Å². The molecule has 0 aliphatic rings. The van der Waals surface area contributed by atoms with Gasteiger partial charge in [-0.15, -0.1) is 0 Å². The average molecular weight is 216 g/mol. The van der Waals surface area contributed by atoms with Crippen molar-refractivity contribution in [2.45, 2.75) is 19.4 Å². The van der Waals surface area contributed by atoms with Gasteiger partial charge in [-0.2, -0.15) is 0 Å².